The largest absolute Gasteiger partial charge is 0.454 e. The van der Waals surface area contributed by atoms with E-state index in [0.717, 1.165) is 22.2 Å². The van der Waals surface area contributed by atoms with Crippen LogP contribution in [0.4, 0.5) is 11.6 Å². The molecular formula is C18H13N5O3. The van der Waals surface area contributed by atoms with Crippen molar-refractivity contribution in [2.45, 2.75) is 0 Å². The van der Waals surface area contributed by atoms with Gasteiger partial charge in [-0.15, -0.1) is 0 Å². The molecule has 8 nitrogen and oxygen atoms in total. The van der Waals surface area contributed by atoms with E-state index < -0.39 is 0 Å². The Morgan fingerprint density at radius 1 is 1.04 bits per heavy atom. The summed E-state index contributed by atoms with van der Waals surface area (Å²) in [6, 6.07) is 12.6. The molecule has 0 bridgehead atoms. The van der Waals surface area contributed by atoms with Crippen molar-refractivity contribution in [2.75, 3.05) is 12.1 Å². The van der Waals surface area contributed by atoms with Gasteiger partial charge in [-0.1, -0.05) is 0 Å². The van der Waals surface area contributed by atoms with E-state index >= 15 is 0 Å². The summed E-state index contributed by atoms with van der Waals surface area (Å²) in [6.07, 6.45) is 1.74. The predicted octanol–water partition coefficient (Wildman–Crippen LogP) is 2.79. The van der Waals surface area contributed by atoms with Crippen molar-refractivity contribution in [1.29, 1.82) is 0 Å². The minimum atomic E-state index is -0.250. The molecule has 2 aromatic carbocycles. The van der Waals surface area contributed by atoms with Crippen LogP contribution in [-0.4, -0.2) is 27.0 Å². The van der Waals surface area contributed by atoms with Crippen molar-refractivity contribution >= 4 is 22.5 Å². The van der Waals surface area contributed by atoms with Crippen LogP contribution in [0.15, 0.2) is 53.5 Å². The van der Waals surface area contributed by atoms with Crippen LogP contribution in [0.1, 0.15) is 0 Å². The number of ether oxygens (including phenoxy) is 2. The summed E-state index contributed by atoms with van der Waals surface area (Å²) in [7, 11) is 0. The van der Waals surface area contributed by atoms with Crippen molar-refractivity contribution in [3.8, 4) is 22.8 Å². The lowest BCUT2D eigenvalue weighted by Gasteiger charge is -2.08. The van der Waals surface area contributed by atoms with Gasteiger partial charge in [0.05, 0.1) is 17.4 Å². The highest BCUT2D eigenvalue weighted by molar-refractivity contribution is 5.82. The number of nitrogens with zero attached hydrogens (tertiary/aromatic N) is 2. The molecule has 3 heterocycles. The molecule has 0 aliphatic carbocycles. The quantitative estimate of drug-likeness (QED) is 0.526. The van der Waals surface area contributed by atoms with Gasteiger partial charge >= 0.3 is 0 Å². The van der Waals surface area contributed by atoms with E-state index in [0.29, 0.717) is 23.1 Å². The molecule has 0 unspecified atom stereocenters. The van der Waals surface area contributed by atoms with Crippen molar-refractivity contribution in [3.05, 3.63) is 59.0 Å². The van der Waals surface area contributed by atoms with E-state index in [2.05, 4.69) is 25.5 Å². The molecule has 5 rings (SSSR count). The van der Waals surface area contributed by atoms with Crippen LogP contribution in [0.5, 0.6) is 11.5 Å². The van der Waals surface area contributed by atoms with Crippen LogP contribution < -0.4 is 20.3 Å². The topological polar surface area (TPSA) is 105 Å². The summed E-state index contributed by atoms with van der Waals surface area (Å²) in [6.45, 7) is 0.199. The van der Waals surface area contributed by atoms with Crippen LogP contribution >= 0.6 is 0 Å². The van der Waals surface area contributed by atoms with Gasteiger partial charge in [0, 0.05) is 22.7 Å². The van der Waals surface area contributed by atoms with Gasteiger partial charge in [0.25, 0.3) is 5.56 Å². The summed E-state index contributed by atoms with van der Waals surface area (Å²) >= 11 is 0. The second-order valence-electron chi connectivity index (χ2n) is 5.84. The first-order chi connectivity index (χ1) is 12.7. The number of anilines is 2. The Bertz CT molecular complexity index is 1180. The third-order valence-electron chi connectivity index (χ3n) is 4.11. The number of nitrogens with one attached hydrogen (secondary N) is 3. The first kappa shape index (κ1) is 14.5. The number of hydrogen-bond acceptors (Lipinski definition) is 6. The Morgan fingerprint density at radius 3 is 2.92 bits per heavy atom. The third-order valence-corrected chi connectivity index (χ3v) is 4.11. The van der Waals surface area contributed by atoms with Crippen molar-refractivity contribution in [1.82, 2.24) is 20.2 Å². The van der Waals surface area contributed by atoms with E-state index in [-0.39, 0.29) is 12.4 Å². The standard InChI is InChI=1S/C18H13N5O3/c24-17-7-14(10-1-4-15-16(6-10)26-9-25-15)21-18(22-17)20-12-2-3-13-11(5-12)8-19-23-13/h1-8H,9H2,(H,19,23)(H2,20,21,22,24). The fourth-order valence-corrected chi connectivity index (χ4v) is 2.88. The molecule has 4 aromatic rings. The van der Waals surface area contributed by atoms with Crippen LogP contribution in [-0.2, 0) is 0 Å². The highest BCUT2D eigenvalue weighted by Crippen LogP contribution is 2.35. The maximum atomic E-state index is 12.1. The van der Waals surface area contributed by atoms with Crippen LogP contribution in [0.3, 0.4) is 0 Å². The molecule has 0 atom stereocenters. The molecular weight excluding hydrogens is 334 g/mol. The van der Waals surface area contributed by atoms with Crippen molar-refractivity contribution in [2.24, 2.45) is 0 Å². The molecule has 2 aromatic heterocycles. The third kappa shape index (κ3) is 2.53. The zero-order valence-electron chi connectivity index (χ0n) is 13.4. The summed E-state index contributed by atoms with van der Waals surface area (Å²) in [5.74, 6) is 1.68. The number of fused-ring (bicyclic) bond motifs is 2. The molecule has 0 fully saturated rings. The Labute approximate surface area is 146 Å². The molecule has 26 heavy (non-hydrogen) atoms. The van der Waals surface area contributed by atoms with E-state index in [1.165, 1.54) is 6.07 Å². The van der Waals surface area contributed by atoms with Gasteiger partial charge in [-0.25, -0.2) is 4.98 Å². The first-order valence-corrected chi connectivity index (χ1v) is 7.96. The molecule has 128 valence electrons. The number of hydrogen-bond donors (Lipinski definition) is 3. The number of aromatic nitrogens is 4. The number of aromatic amines is 2. The summed E-state index contributed by atoms with van der Waals surface area (Å²) in [4.78, 5) is 19.3. The lowest BCUT2D eigenvalue weighted by atomic mass is 10.1. The smallest absolute Gasteiger partial charge is 0.252 e. The summed E-state index contributed by atoms with van der Waals surface area (Å²) in [5, 5.41) is 11.0. The van der Waals surface area contributed by atoms with Gasteiger partial charge in [-0.05, 0) is 36.4 Å². The lowest BCUT2D eigenvalue weighted by molar-refractivity contribution is 0.174. The molecule has 0 saturated carbocycles. The second kappa shape index (κ2) is 5.62. The minimum absolute atomic E-state index is 0.199. The van der Waals surface area contributed by atoms with Gasteiger partial charge in [0.2, 0.25) is 12.7 Å². The molecule has 8 heteroatoms. The monoisotopic (exact) mass is 347 g/mol. The fourth-order valence-electron chi connectivity index (χ4n) is 2.88. The van der Waals surface area contributed by atoms with Crippen LogP contribution in [0.2, 0.25) is 0 Å². The number of benzene rings is 2. The maximum Gasteiger partial charge on any atom is 0.252 e. The maximum absolute atomic E-state index is 12.1. The zero-order chi connectivity index (χ0) is 17.5. The Hall–Kier alpha value is -3.81. The second-order valence-corrected chi connectivity index (χ2v) is 5.84. The van der Waals surface area contributed by atoms with Gasteiger partial charge in [0.15, 0.2) is 11.5 Å². The molecule has 0 saturated heterocycles. The SMILES string of the molecule is O=c1cc(-c2ccc3c(c2)OCO3)nc(Nc2ccc3[nH]ncc3c2)[nH]1. The summed E-state index contributed by atoms with van der Waals surface area (Å²) in [5.41, 5.74) is 2.79. The van der Waals surface area contributed by atoms with Crippen LogP contribution in [0, 0.1) is 0 Å². The van der Waals surface area contributed by atoms with E-state index in [1.54, 1.807) is 12.3 Å². The molecule has 1 aliphatic rings. The van der Waals surface area contributed by atoms with Crippen molar-refractivity contribution in [3.63, 3.8) is 0 Å². The van der Waals surface area contributed by atoms with E-state index in [9.17, 15) is 4.79 Å². The average molecular weight is 347 g/mol. The zero-order valence-corrected chi connectivity index (χ0v) is 13.4. The Morgan fingerprint density at radius 2 is 1.96 bits per heavy atom. The van der Waals surface area contributed by atoms with Crippen molar-refractivity contribution < 1.29 is 9.47 Å². The van der Waals surface area contributed by atoms with Gasteiger partial charge < -0.3 is 14.8 Å². The first-order valence-electron chi connectivity index (χ1n) is 7.96. The fraction of sp³-hybridized carbons (Fsp3) is 0.0556. The molecule has 0 spiro atoms. The van der Waals surface area contributed by atoms with Gasteiger partial charge in [0.1, 0.15) is 0 Å². The molecule has 0 amide bonds. The number of rotatable bonds is 3. The molecule has 0 radical (unpaired) electrons. The van der Waals surface area contributed by atoms with Crippen LogP contribution in [0.25, 0.3) is 22.2 Å². The molecule has 1 aliphatic heterocycles. The van der Waals surface area contributed by atoms with E-state index in [1.807, 2.05) is 30.3 Å². The minimum Gasteiger partial charge on any atom is -0.454 e. The normalized spacial score (nSPS) is 12.5. The number of H-pyrrole nitrogens is 2. The average Bonchev–Trinajstić information content (AvgIpc) is 3.29. The Kier molecular flexibility index (Phi) is 3.14. The lowest BCUT2D eigenvalue weighted by Crippen LogP contribution is -2.10. The molecule has 3 N–H and O–H groups in total. The summed E-state index contributed by atoms with van der Waals surface area (Å²) < 4.78 is 10.7. The highest BCUT2D eigenvalue weighted by Gasteiger charge is 2.15. The van der Waals surface area contributed by atoms with Gasteiger partial charge in [-0.2, -0.15) is 5.10 Å². The highest BCUT2D eigenvalue weighted by atomic mass is 16.7. The predicted molar refractivity (Wildman–Crippen MR) is 95.8 cm³/mol. The van der Waals surface area contributed by atoms with Gasteiger partial charge in [-0.3, -0.25) is 14.9 Å². The Balaban J connectivity index is 1.51. The van der Waals surface area contributed by atoms with E-state index in [4.69, 9.17) is 9.47 Å².